The second-order valence-corrected chi connectivity index (χ2v) is 4.61. The van der Waals surface area contributed by atoms with E-state index in [9.17, 15) is 14.7 Å². The smallest absolute Gasteiger partial charge is 0.328 e. The average molecular weight is 265 g/mol. The van der Waals surface area contributed by atoms with Crippen LogP contribution in [0.1, 0.15) is 19.4 Å². The molecule has 0 heterocycles. The Morgan fingerprint density at radius 3 is 2.32 bits per heavy atom. The van der Waals surface area contributed by atoms with Crippen molar-refractivity contribution in [3.8, 4) is 5.75 Å². The van der Waals surface area contributed by atoms with Crippen molar-refractivity contribution < 1.29 is 19.4 Å². The van der Waals surface area contributed by atoms with Gasteiger partial charge in [-0.2, -0.15) is 0 Å². The summed E-state index contributed by atoms with van der Waals surface area (Å²) in [6.07, 6.45) is 0.325. The first-order valence-corrected chi connectivity index (χ1v) is 6.10. The number of ether oxygens (including phenoxy) is 1. The van der Waals surface area contributed by atoms with E-state index < -0.39 is 12.0 Å². The molecule has 1 atom stereocenters. The van der Waals surface area contributed by atoms with Gasteiger partial charge >= 0.3 is 5.97 Å². The minimum Gasteiger partial charge on any atom is -0.508 e. The average Bonchev–Trinajstić information content (AvgIpc) is 2.39. The van der Waals surface area contributed by atoms with E-state index in [0.29, 0.717) is 6.42 Å². The molecular formula is C14H19NO4. The maximum absolute atomic E-state index is 11.7. The number of benzene rings is 1. The van der Waals surface area contributed by atoms with Crippen molar-refractivity contribution in [3.63, 3.8) is 0 Å². The number of hydrogen-bond acceptors (Lipinski definition) is 4. The van der Waals surface area contributed by atoms with Gasteiger partial charge in [0.15, 0.2) is 0 Å². The topological polar surface area (TPSA) is 75.6 Å². The fourth-order valence-electron chi connectivity index (χ4n) is 1.54. The van der Waals surface area contributed by atoms with E-state index in [1.807, 2.05) is 0 Å². The zero-order valence-corrected chi connectivity index (χ0v) is 11.3. The minimum atomic E-state index is -0.718. The van der Waals surface area contributed by atoms with Gasteiger partial charge in [-0.3, -0.25) is 4.79 Å². The number of carbonyl (C=O) groups is 2. The third-order valence-electron chi connectivity index (χ3n) is 2.70. The lowest BCUT2D eigenvalue weighted by atomic mass is 10.0. The van der Waals surface area contributed by atoms with Crippen LogP contribution >= 0.6 is 0 Å². The van der Waals surface area contributed by atoms with Crippen molar-refractivity contribution in [2.75, 3.05) is 7.11 Å². The highest BCUT2D eigenvalue weighted by molar-refractivity contribution is 5.85. The summed E-state index contributed by atoms with van der Waals surface area (Å²) in [7, 11) is 1.29. The van der Waals surface area contributed by atoms with E-state index in [4.69, 9.17) is 0 Å². The van der Waals surface area contributed by atoms with Gasteiger partial charge in [0.25, 0.3) is 0 Å². The number of hydrogen-bond donors (Lipinski definition) is 2. The van der Waals surface area contributed by atoms with Gasteiger partial charge in [0.2, 0.25) is 5.91 Å². The predicted molar refractivity (Wildman–Crippen MR) is 70.6 cm³/mol. The minimum absolute atomic E-state index is 0.157. The van der Waals surface area contributed by atoms with Gasteiger partial charge in [-0.25, -0.2) is 4.79 Å². The fourth-order valence-corrected chi connectivity index (χ4v) is 1.54. The first-order chi connectivity index (χ1) is 8.93. The molecule has 104 valence electrons. The highest BCUT2D eigenvalue weighted by Gasteiger charge is 2.22. The molecule has 1 aromatic carbocycles. The number of carbonyl (C=O) groups excluding carboxylic acids is 2. The first kappa shape index (κ1) is 15.0. The molecule has 0 saturated carbocycles. The Kier molecular flexibility index (Phi) is 5.36. The Morgan fingerprint density at radius 1 is 1.26 bits per heavy atom. The summed E-state index contributed by atoms with van der Waals surface area (Å²) in [6.45, 7) is 3.51. The SMILES string of the molecule is COC(=O)[C@@H](Cc1ccc(O)cc1)NC(=O)C(C)C. The number of phenols is 1. The largest absolute Gasteiger partial charge is 0.508 e. The number of esters is 1. The number of phenolic OH excluding ortho intramolecular Hbond substituents is 1. The van der Waals surface area contributed by atoms with Crippen LogP contribution in [0.4, 0.5) is 0 Å². The zero-order valence-electron chi connectivity index (χ0n) is 11.3. The van der Waals surface area contributed by atoms with Crippen molar-refractivity contribution in [2.24, 2.45) is 5.92 Å². The number of amides is 1. The molecule has 0 fully saturated rings. The van der Waals surface area contributed by atoms with E-state index in [1.54, 1.807) is 26.0 Å². The molecule has 0 saturated heterocycles. The lowest BCUT2D eigenvalue weighted by Gasteiger charge is -2.18. The molecular weight excluding hydrogens is 246 g/mol. The van der Waals surface area contributed by atoms with Gasteiger partial charge in [0.05, 0.1) is 7.11 Å². The lowest BCUT2D eigenvalue weighted by molar-refractivity contribution is -0.145. The van der Waals surface area contributed by atoms with E-state index in [-0.39, 0.29) is 17.6 Å². The van der Waals surface area contributed by atoms with Crippen LogP contribution in [0, 0.1) is 5.92 Å². The molecule has 0 aromatic heterocycles. The third-order valence-corrected chi connectivity index (χ3v) is 2.70. The summed E-state index contributed by atoms with van der Waals surface area (Å²) in [5.41, 5.74) is 0.831. The summed E-state index contributed by atoms with van der Waals surface area (Å²) in [5.74, 6) is -0.729. The second-order valence-electron chi connectivity index (χ2n) is 4.61. The highest BCUT2D eigenvalue weighted by Crippen LogP contribution is 2.12. The van der Waals surface area contributed by atoms with Crippen LogP contribution in [0.2, 0.25) is 0 Å². The Bertz CT molecular complexity index is 439. The quantitative estimate of drug-likeness (QED) is 0.786. The summed E-state index contributed by atoms with van der Waals surface area (Å²) in [5, 5.41) is 11.9. The summed E-state index contributed by atoms with van der Waals surface area (Å²) < 4.78 is 4.69. The molecule has 5 heteroatoms. The van der Waals surface area contributed by atoms with Crippen LogP contribution in [-0.4, -0.2) is 30.1 Å². The molecule has 0 aliphatic heterocycles. The van der Waals surface area contributed by atoms with Crippen molar-refractivity contribution in [1.29, 1.82) is 0 Å². The fraction of sp³-hybridized carbons (Fsp3) is 0.429. The number of nitrogens with one attached hydrogen (secondary N) is 1. The van der Waals surface area contributed by atoms with Crippen LogP contribution in [0.3, 0.4) is 0 Å². The molecule has 0 aliphatic carbocycles. The van der Waals surface area contributed by atoms with Crippen LogP contribution < -0.4 is 5.32 Å². The second kappa shape index (κ2) is 6.78. The Labute approximate surface area is 112 Å². The molecule has 0 bridgehead atoms. The van der Waals surface area contributed by atoms with Crippen molar-refractivity contribution in [1.82, 2.24) is 5.32 Å². The number of methoxy groups -OCH3 is 1. The molecule has 1 amide bonds. The van der Waals surface area contributed by atoms with Crippen molar-refractivity contribution in [3.05, 3.63) is 29.8 Å². The molecule has 19 heavy (non-hydrogen) atoms. The molecule has 0 spiro atoms. The van der Waals surface area contributed by atoms with E-state index in [0.717, 1.165) is 5.56 Å². The first-order valence-electron chi connectivity index (χ1n) is 6.10. The molecule has 2 N–H and O–H groups in total. The highest BCUT2D eigenvalue weighted by atomic mass is 16.5. The van der Waals surface area contributed by atoms with Crippen molar-refractivity contribution in [2.45, 2.75) is 26.3 Å². The van der Waals surface area contributed by atoms with E-state index >= 15 is 0 Å². The lowest BCUT2D eigenvalue weighted by Crippen LogP contribution is -2.44. The maximum atomic E-state index is 11.7. The zero-order chi connectivity index (χ0) is 14.4. The molecule has 1 aromatic rings. The van der Waals surface area contributed by atoms with E-state index in [2.05, 4.69) is 10.1 Å². The van der Waals surface area contributed by atoms with Crippen LogP contribution in [0.15, 0.2) is 24.3 Å². The molecule has 0 aliphatic rings. The molecule has 0 radical (unpaired) electrons. The Balaban J connectivity index is 2.77. The maximum Gasteiger partial charge on any atom is 0.328 e. The van der Waals surface area contributed by atoms with Gasteiger partial charge in [0.1, 0.15) is 11.8 Å². The number of aromatic hydroxyl groups is 1. The van der Waals surface area contributed by atoms with Crippen LogP contribution in [0.5, 0.6) is 5.75 Å². The monoisotopic (exact) mass is 265 g/mol. The number of rotatable bonds is 5. The van der Waals surface area contributed by atoms with Crippen molar-refractivity contribution >= 4 is 11.9 Å². The van der Waals surface area contributed by atoms with Crippen LogP contribution in [0.25, 0.3) is 0 Å². The van der Waals surface area contributed by atoms with Gasteiger partial charge < -0.3 is 15.2 Å². The Morgan fingerprint density at radius 2 is 1.84 bits per heavy atom. The summed E-state index contributed by atoms with van der Waals surface area (Å²) in [6, 6.07) is 5.76. The van der Waals surface area contributed by atoms with E-state index in [1.165, 1.54) is 19.2 Å². The van der Waals surface area contributed by atoms with Gasteiger partial charge in [-0.15, -0.1) is 0 Å². The normalized spacial score (nSPS) is 12.0. The van der Waals surface area contributed by atoms with Gasteiger partial charge in [0, 0.05) is 12.3 Å². The Hall–Kier alpha value is -2.04. The predicted octanol–water partition coefficient (Wildman–Crippen LogP) is 1.25. The van der Waals surface area contributed by atoms with Gasteiger partial charge in [-0.1, -0.05) is 26.0 Å². The van der Waals surface area contributed by atoms with Crippen LogP contribution in [-0.2, 0) is 20.7 Å². The molecule has 5 nitrogen and oxygen atoms in total. The summed E-state index contributed by atoms with van der Waals surface area (Å²) in [4.78, 5) is 23.3. The molecule has 1 rings (SSSR count). The standard InChI is InChI=1S/C14H19NO4/c1-9(2)13(17)15-12(14(18)19-3)8-10-4-6-11(16)7-5-10/h4-7,9,12,16H,8H2,1-3H3,(H,15,17)/t12-/m1/s1. The summed E-state index contributed by atoms with van der Waals surface area (Å²) >= 11 is 0. The van der Waals surface area contributed by atoms with Gasteiger partial charge in [-0.05, 0) is 17.7 Å². The third kappa shape index (κ3) is 4.62. The molecule has 0 unspecified atom stereocenters.